The second-order valence-electron chi connectivity index (χ2n) is 5.42. The maximum atomic E-state index is 12.9. The molecule has 0 spiro atoms. The Hall–Kier alpha value is -2.50. The molecular weight excluding hydrogens is 296 g/mol. The van der Waals surface area contributed by atoms with Crippen LogP contribution in [0.2, 0.25) is 0 Å². The van der Waals surface area contributed by atoms with Gasteiger partial charge in [0.2, 0.25) is 0 Å². The molecule has 0 aliphatic carbocycles. The predicted octanol–water partition coefficient (Wildman–Crippen LogP) is 2.85. The number of carbonyl (C=O) groups is 1. The van der Waals surface area contributed by atoms with Crippen LogP contribution in [0.4, 0.5) is 5.69 Å². The number of anilines is 1. The molecule has 0 saturated heterocycles. The van der Waals surface area contributed by atoms with Gasteiger partial charge in [-0.1, -0.05) is 12.1 Å². The number of nitrogens with zero attached hydrogens (tertiary/aromatic N) is 2. The van der Waals surface area contributed by atoms with Crippen molar-refractivity contribution >= 4 is 11.6 Å². The zero-order valence-electron chi connectivity index (χ0n) is 13.6. The molecule has 1 aliphatic rings. The largest absolute Gasteiger partial charge is 0.497 e. The zero-order chi connectivity index (χ0) is 16.4. The number of aryl methyl sites for hydroxylation is 1. The number of fused-ring (bicyclic) bond motifs is 1. The van der Waals surface area contributed by atoms with Gasteiger partial charge in [-0.15, -0.1) is 0 Å². The SMILES string of the molecule is CCc1nocc1C(=O)N1CCCc2c(OC)cc(OC)cc21. The maximum absolute atomic E-state index is 12.9. The van der Waals surface area contributed by atoms with Gasteiger partial charge in [-0.2, -0.15) is 0 Å². The van der Waals surface area contributed by atoms with Gasteiger partial charge in [-0.05, 0) is 19.3 Å². The van der Waals surface area contributed by atoms with E-state index >= 15 is 0 Å². The third-order valence-corrected chi connectivity index (χ3v) is 4.17. The monoisotopic (exact) mass is 316 g/mol. The molecule has 1 amide bonds. The van der Waals surface area contributed by atoms with Gasteiger partial charge in [-0.25, -0.2) is 0 Å². The van der Waals surface area contributed by atoms with Gasteiger partial charge in [0.15, 0.2) is 0 Å². The van der Waals surface area contributed by atoms with Crippen LogP contribution in [0.25, 0.3) is 0 Å². The average Bonchev–Trinajstić information content (AvgIpc) is 3.08. The lowest BCUT2D eigenvalue weighted by Crippen LogP contribution is -2.36. The van der Waals surface area contributed by atoms with E-state index in [1.54, 1.807) is 19.1 Å². The Balaban J connectivity index is 2.06. The van der Waals surface area contributed by atoms with E-state index in [1.165, 1.54) is 6.26 Å². The highest BCUT2D eigenvalue weighted by molar-refractivity contribution is 6.07. The van der Waals surface area contributed by atoms with Gasteiger partial charge in [0.05, 0.1) is 25.6 Å². The molecular formula is C17H20N2O4. The molecule has 0 fully saturated rings. The lowest BCUT2D eigenvalue weighted by atomic mass is 9.99. The Morgan fingerprint density at radius 1 is 1.35 bits per heavy atom. The molecule has 1 aromatic carbocycles. The number of benzene rings is 1. The van der Waals surface area contributed by atoms with Gasteiger partial charge in [0.25, 0.3) is 5.91 Å². The summed E-state index contributed by atoms with van der Waals surface area (Å²) in [7, 11) is 3.23. The first-order chi connectivity index (χ1) is 11.2. The van der Waals surface area contributed by atoms with Crippen LogP contribution in [0.3, 0.4) is 0 Å². The third-order valence-electron chi connectivity index (χ3n) is 4.17. The molecule has 2 heterocycles. The molecule has 0 atom stereocenters. The number of carbonyl (C=O) groups excluding carboxylic acids is 1. The summed E-state index contributed by atoms with van der Waals surface area (Å²) in [6.45, 7) is 2.60. The fourth-order valence-corrected chi connectivity index (χ4v) is 2.98. The van der Waals surface area contributed by atoms with Crippen molar-refractivity contribution in [1.82, 2.24) is 5.16 Å². The minimum absolute atomic E-state index is 0.0978. The van der Waals surface area contributed by atoms with Crippen molar-refractivity contribution in [3.63, 3.8) is 0 Å². The third kappa shape index (κ3) is 2.65. The maximum Gasteiger partial charge on any atom is 0.263 e. The molecule has 0 radical (unpaired) electrons. The molecule has 0 bridgehead atoms. The van der Waals surface area contributed by atoms with Crippen molar-refractivity contribution in [3.05, 3.63) is 35.2 Å². The summed E-state index contributed by atoms with van der Waals surface area (Å²) in [4.78, 5) is 14.7. The summed E-state index contributed by atoms with van der Waals surface area (Å²) in [5.74, 6) is 1.32. The van der Waals surface area contributed by atoms with Gasteiger partial charge in [0, 0.05) is 24.2 Å². The smallest absolute Gasteiger partial charge is 0.263 e. The minimum atomic E-state index is -0.0978. The first-order valence-electron chi connectivity index (χ1n) is 7.69. The number of hydrogen-bond acceptors (Lipinski definition) is 5. The topological polar surface area (TPSA) is 64.8 Å². The summed E-state index contributed by atoms with van der Waals surface area (Å²) in [6.07, 6.45) is 3.83. The Kier molecular flexibility index (Phi) is 4.23. The Labute approximate surface area is 135 Å². The highest BCUT2D eigenvalue weighted by atomic mass is 16.5. The minimum Gasteiger partial charge on any atom is -0.497 e. The van der Waals surface area contributed by atoms with Crippen molar-refractivity contribution in [2.45, 2.75) is 26.2 Å². The molecule has 23 heavy (non-hydrogen) atoms. The summed E-state index contributed by atoms with van der Waals surface area (Å²) < 4.78 is 15.8. The first kappa shape index (κ1) is 15.4. The van der Waals surface area contributed by atoms with Crippen molar-refractivity contribution in [2.75, 3.05) is 25.7 Å². The van der Waals surface area contributed by atoms with E-state index < -0.39 is 0 Å². The molecule has 2 aromatic rings. The number of rotatable bonds is 4. The summed E-state index contributed by atoms with van der Waals surface area (Å²) in [5.41, 5.74) is 3.06. The molecule has 1 aliphatic heterocycles. The van der Waals surface area contributed by atoms with Crippen LogP contribution in [0.5, 0.6) is 11.5 Å². The second-order valence-corrected chi connectivity index (χ2v) is 5.42. The lowest BCUT2D eigenvalue weighted by Gasteiger charge is -2.30. The summed E-state index contributed by atoms with van der Waals surface area (Å²) in [5, 5.41) is 3.90. The predicted molar refractivity (Wildman–Crippen MR) is 85.4 cm³/mol. The van der Waals surface area contributed by atoms with Gasteiger partial charge in [0.1, 0.15) is 23.3 Å². The van der Waals surface area contributed by atoms with Crippen LogP contribution in [0.1, 0.15) is 35.0 Å². The number of ether oxygens (including phenoxy) is 2. The van der Waals surface area contributed by atoms with Gasteiger partial charge < -0.3 is 18.9 Å². The molecule has 6 nitrogen and oxygen atoms in total. The zero-order valence-corrected chi connectivity index (χ0v) is 13.6. The molecule has 0 saturated carbocycles. The van der Waals surface area contributed by atoms with Crippen LogP contribution < -0.4 is 14.4 Å². The van der Waals surface area contributed by atoms with E-state index in [2.05, 4.69) is 5.16 Å². The van der Waals surface area contributed by atoms with Crippen molar-refractivity contribution < 1.29 is 18.8 Å². The van der Waals surface area contributed by atoms with Crippen LogP contribution in [-0.4, -0.2) is 31.8 Å². The molecule has 122 valence electrons. The Bertz CT molecular complexity index is 723. The van der Waals surface area contributed by atoms with E-state index in [-0.39, 0.29) is 5.91 Å². The van der Waals surface area contributed by atoms with E-state index in [0.29, 0.717) is 30.0 Å². The van der Waals surface area contributed by atoms with E-state index in [1.807, 2.05) is 19.1 Å². The average molecular weight is 316 g/mol. The van der Waals surface area contributed by atoms with Crippen LogP contribution in [0.15, 0.2) is 22.9 Å². The van der Waals surface area contributed by atoms with Crippen molar-refractivity contribution in [3.8, 4) is 11.5 Å². The lowest BCUT2D eigenvalue weighted by molar-refractivity contribution is 0.0983. The molecule has 0 unspecified atom stereocenters. The van der Waals surface area contributed by atoms with E-state index in [4.69, 9.17) is 14.0 Å². The van der Waals surface area contributed by atoms with Crippen LogP contribution >= 0.6 is 0 Å². The summed E-state index contributed by atoms with van der Waals surface area (Å²) >= 11 is 0. The van der Waals surface area contributed by atoms with Crippen molar-refractivity contribution in [2.24, 2.45) is 0 Å². The fourth-order valence-electron chi connectivity index (χ4n) is 2.98. The number of aromatic nitrogens is 1. The Morgan fingerprint density at radius 2 is 2.17 bits per heavy atom. The molecule has 3 rings (SSSR count). The second kappa shape index (κ2) is 6.32. The first-order valence-corrected chi connectivity index (χ1v) is 7.69. The van der Waals surface area contributed by atoms with Crippen molar-refractivity contribution in [1.29, 1.82) is 0 Å². The fraction of sp³-hybridized carbons (Fsp3) is 0.412. The number of amides is 1. The number of methoxy groups -OCH3 is 2. The summed E-state index contributed by atoms with van der Waals surface area (Å²) in [6, 6.07) is 3.73. The normalized spacial score (nSPS) is 13.6. The molecule has 1 aromatic heterocycles. The quantitative estimate of drug-likeness (QED) is 0.868. The molecule has 6 heteroatoms. The van der Waals surface area contributed by atoms with Gasteiger partial charge in [-0.3, -0.25) is 4.79 Å². The highest BCUT2D eigenvalue weighted by Gasteiger charge is 2.29. The van der Waals surface area contributed by atoms with E-state index in [9.17, 15) is 4.79 Å². The van der Waals surface area contributed by atoms with Gasteiger partial charge >= 0.3 is 0 Å². The van der Waals surface area contributed by atoms with Crippen LogP contribution in [-0.2, 0) is 12.8 Å². The number of hydrogen-bond donors (Lipinski definition) is 0. The molecule has 0 N–H and O–H groups in total. The Morgan fingerprint density at radius 3 is 2.87 bits per heavy atom. The van der Waals surface area contributed by atoms with E-state index in [0.717, 1.165) is 29.8 Å². The standard InChI is InChI=1S/C17H20N2O4/c1-4-14-13(10-23-18-14)17(20)19-7-5-6-12-15(19)8-11(21-2)9-16(12)22-3/h8-10H,4-7H2,1-3H3. The van der Waals surface area contributed by atoms with Crippen LogP contribution in [0, 0.1) is 0 Å². The highest BCUT2D eigenvalue weighted by Crippen LogP contribution is 2.39.